The molecule has 3 aromatic rings. The summed E-state index contributed by atoms with van der Waals surface area (Å²) in [5, 5.41) is 7.51. The summed E-state index contributed by atoms with van der Waals surface area (Å²) in [4.78, 5) is 18.4. The molecule has 2 aromatic carbocycles. The lowest BCUT2D eigenvalue weighted by Crippen LogP contribution is -2.30. The Kier molecular flexibility index (Phi) is 6.75. The van der Waals surface area contributed by atoms with Crippen LogP contribution in [0.4, 0.5) is 5.69 Å². The van der Waals surface area contributed by atoms with Crippen LogP contribution in [0.1, 0.15) is 41.4 Å². The molecule has 2 aliphatic heterocycles. The number of ether oxygens (including phenoxy) is 1. The Hall–Kier alpha value is -3.32. The van der Waals surface area contributed by atoms with Crippen LogP contribution in [0.3, 0.4) is 0 Å². The van der Waals surface area contributed by atoms with Gasteiger partial charge in [0.1, 0.15) is 5.75 Å². The molecule has 2 fully saturated rings. The fourth-order valence-corrected chi connectivity index (χ4v) is 5.70. The predicted molar refractivity (Wildman–Crippen MR) is 144 cm³/mol. The van der Waals surface area contributed by atoms with Gasteiger partial charge >= 0.3 is 0 Å². The minimum absolute atomic E-state index is 0.0517. The van der Waals surface area contributed by atoms with Crippen molar-refractivity contribution in [3.63, 3.8) is 0 Å². The van der Waals surface area contributed by atoms with E-state index in [1.807, 2.05) is 45.4 Å². The third-order valence-electron chi connectivity index (χ3n) is 7.89. The first-order valence-electron chi connectivity index (χ1n) is 12.9. The lowest BCUT2D eigenvalue weighted by molar-refractivity contribution is 0.0939. The number of hydrogen-bond donors (Lipinski definition) is 1. The SMILES string of the molecule is CCN1CC2CN(c3ccc(C)c(C(=O)NC(C)c4cc(OC)cc(-c5cnn(C)c5)c4)c3)CC2C1. The average molecular weight is 488 g/mol. The number of nitrogens with one attached hydrogen (secondary N) is 1. The van der Waals surface area contributed by atoms with E-state index >= 15 is 0 Å². The van der Waals surface area contributed by atoms with Crippen LogP contribution in [-0.4, -0.2) is 60.4 Å². The van der Waals surface area contributed by atoms with Gasteiger partial charge in [0.2, 0.25) is 0 Å². The maximum atomic E-state index is 13.4. The standard InChI is InChI=1S/C29H37N5O2/c1-6-33-15-24-17-34(18-25(24)16-33)26-8-7-19(2)28(12-26)29(35)31-20(3)21-9-22(11-27(10-21)36-5)23-13-30-32(4)14-23/h7-14,20,24-25H,6,15-18H2,1-5H3,(H,31,35). The highest BCUT2D eigenvalue weighted by molar-refractivity contribution is 5.97. The van der Waals surface area contributed by atoms with E-state index in [2.05, 4.69) is 51.4 Å². The monoisotopic (exact) mass is 487 g/mol. The van der Waals surface area contributed by atoms with Crippen molar-refractivity contribution in [2.45, 2.75) is 26.8 Å². The Labute approximate surface area is 214 Å². The molecule has 1 N–H and O–H groups in total. The molecule has 5 rings (SSSR count). The molecule has 1 aromatic heterocycles. The van der Waals surface area contributed by atoms with E-state index in [9.17, 15) is 4.79 Å². The lowest BCUT2D eigenvalue weighted by atomic mass is 10.0. The Bertz CT molecular complexity index is 1240. The van der Waals surface area contributed by atoms with E-state index in [0.29, 0.717) is 0 Å². The first-order valence-corrected chi connectivity index (χ1v) is 12.9. The number of anilines is 1. The van der Waals surface area contributed by atoms with Crippen molar-refractivity contribution in [1.82, 2.24) is 20.0 Å². The van der Waals surface area contributed by atoms with Gasteiger partial charge in [-0.2, -0.15) is 5.10 Å². The number of fused-ring (bicyclic) bond motifs is 1. The summed E-state index contributed by atoms with van der Waals surface area (Å²) < 4.78 is 7.33. The number of aryl methyl sites for hydroxylation is 2. The van der Waals surface area contributed by atoms with E-state index in [-0.39, 0.29) is 11.9 Å². The Morgan fingerprint density at radius 2 is 1.86 bits per heavy atom. The second-order valence-electron chi connectivity index (χ2n) is 10.4. The van der Waals surface area contributed by atoms with Gasteiger partial charge in [-0.15, -0.1) is 0 Å². The van der Waals surface area contributed by atoms with Crippen LogP contribution < -0.4 is 15.0 Å². The zero-order chi connectivity index (χ0) is 25.4. The first kappa shape index (κ1) is 24.4. The number of carbonyl (C=O) groups excluding carboxylic acids is 1. The van der Waals surface area contributed by atoms with E-state index in [1.54, 1.807) is 11.8 Å². The number of carbonyl (C=O) groups is 1. The number of aromatic nitrogens is 2. The van der Waals surface area contributed by atoms with Crippen molar-refractivity contribution < 1.29 is 9.53 Å². The van der Waals surface area contributed by atoms with Crippen molar-refractivity contribution in [3.05, 3.63) is 65.5 Å². The van der Waals surface area contributed by atoms with Crippen molar-refractivity contribution >= 4 is 11.6 Å². The van der Waals surface area contributed by atoms with Crippen molar-refractivity contribution in [2.75, 3.05) is 44.7 Å². The summed E-state index contributed by atoms with van der Waals surface area (Å²) in [7, 11) is 3.56. The molecule has 2 aliphatic rings. The van der Waals surface area contributed by atoms with Gasteiger partial charge in [0, 0.05) is 56.2 Å². The highest BCUT2D eigenvalue weighted by Crippen LogP contribution is 2.35. The quantitative estimate of drug-likeness (QED) is 0.539. The van der Waals surface area contributed by atoms with Crippen LogP contribution in [0.25, 0.3) is 11.1 Å². The molecule has 0 radical (unpaired) electrons. The van der Waals surface area contributed by atoms with Gasteiger partial charge < -0.3 is 19.9 Å². The summed E-state index contributed by atoms with van der Waals surface area (Å²) >= 11 is 0. The summed E-state index contributed by atoms with van der Waals surface area (Å²) in [5.74, 6) is 2.16. The third-order valence-corrected chi connectivity index (χ3v) is 7.89. The smallest absolute Gasteiger partial charge is 0.252 e. The molecule has 0 aliphatic carbocycles. The van der Waals surface area contributed by atoms with Crippen molar-refractivity contribution in [2.24, 2.45) is 18.9 Å². The zero-order valence-electron chi connectivity index (χ0n) is 22.0. The topological polar surface area (TPSA) is 62.6 Å². The molecule has 0 bridgehead atoms. The predicted octanol–water partition coefficient (Wildman–Crippen LogP) is 4.28. The van der Waals surface area contributed by atoms with E-state index in [4.69, 9.17) is 4.74 Å². The van der Waals surface area contributed by atoms with Gasteiger partial charge in [0.05, 0.1) is 19.3 Å². The summed E-state index contributed by atoms with van der Waals surface area (Å²) in [6.07, 6.45) is 3.81. The Morgan fingerprint density at radius 3 is 2.50 bits per heavy atom. The molecule has 2 saturated heterocycles. The van der Waals surface area contributed by atoms with Crippen molar-refractivity contribution in [3.8, 4) is 16.9 Å². The second-order valence-corrected chi connectivity index (χ2v) is 10.4. The van der Waals surface area contributed by atoms with Crippen molar-refractivity contribution in [1.29, 1.82) is 0 Å². The van der Waals surface area contributed by atoms with Crippen LogP contribution >= 0.6 is 0 Å². The molecule has 7 heteroatoms. The van der Waals surface area contributed by atoms with Crippen LogP contribution in [0.2, 0.25) is 0 Å². The lowest BCUT2D eigenvalue weighted by Gasteiger charge is -2.23. The van der Waals surface area contributed by atoms with Gasteiger partial charge in [-0.05, 0) is 79.3 Å². The third kappa shape index (κ3) is 4.85. The van der Waals surface area contributed by atoms with Crippen LogP contribution in [0.15, 0.2) is 48.8 Å². The molecule has 3 heterocycles. The van der Waals surface area contributed by atoms with Gasteiger partial charge in [0.25, 0.3) is 5.91 Å². The Balaban J connectivity index is 1.32. The molecule has 190 valence electrons. The highest BCUT2D eigenvalue weighted by atomic mass is 16.5. The molecular formula is C29H37N5O2. The second kappa shape index (κ2) is 9.97. The average Bonchev–Trinajstić information content (AvgIpc) is 3.58. The number of nitrogens with zero attached hydrogens (tertiary/aromatic N) is 4. The van der Waals surface area contributed by atoms with Gasteiger partial charge in [-0.25, -0.2) is 0 Å². The molecule has 7 nitrogen and oxygen atoms in total. The Morgan fingerprint density at radius 1 is 1.11 bits per heavy atom. The van der Waals surface area contributed by atoms with Crippen LogP contribution in [-0.2, 0) is 7.05 Å². The summed E-state index contributed by atoms with van der Waals surface area (Å²) in [5.41, 5.74) is 5.89. The van der Waals surface area contributed by atoms with Crippen LogP contribution in [0, 0.1) is 18.8 Å². The molecule has 1 amide bonds. The normalized spacial score (nSPS) is 20.4. The molecule has 0 spiro atoms. The minimum Gasteiger partial charge on any atom is -0.497 e. The maximum Gasteiger partial charge on any atom is 0.252 e. The fraction of sp³-hybridized carbons (Fsp3) is 0.448. The number of likely N-dealkylation sites (tertiary alicyclic amines) is 1. The minimum atomic E-state index is -0.183. The van der Waals surface area contributed by atoms with E-state index in [1.165, 1.54) is 13.1 Å². The first-order chi connectivity index (χ1) is 17.3. The van der Waals surface area contributed by atoms with Gasteiger partial charge in [-0.3, -0.25) is 9.48 Å². The summed E-state index contributed by atoms with van der Waals surface area (Å²) in [6.45, 7) is 11.9. The zero-order valence-corrected chi connectivity index (χ0v) is 22.0. The van der Waals surface area contributed by atoms with Gasteiger partial charge in [0.15, 0.2) is 0 Å². The fourth-order valence-electron chi connectivity index (χ4n) is 5.70. The molecule has 3 unspecified atom stereocenters. The number of methoxy groups -OCH3 is 1. The van der Waals surface area contributed by atoms with Crippen LogP contribution in [0.5, 0.6) is 5.75 Å². The highest BCUT2D eigenvalue weighted by Gasteiger charge is 2.39. The van der Waals surface area contributed by atoms with E-state index in [0.717, 1.165) is 70.7 Å². The number of amides is 1. The molecular weight excluding hydrogens is 450 g/mol. The van der Waals surface area contributed by atoms with E-state index < -0.39 is 0 Å². The molecule has 0 saturated carbocycles. The number of hydrogen-bond acceptors (Lipinski definition) is 5. The van der Waals surface area contributed by atoms with Gasteiger partial charge in [-0.1, -0.05) is 13.0 Å². The molecule has 3 atom stereocenters. The largest absolute Gasteiger partial charge is 0.497 e. The molecule has 36 heavy (non-hydrogen) atoms. The maximum absolute atomic E-state index is 13.4. The summed E-state index contributed by atoms with van der Waals surface area (Å²) in [6, 6.07) is 12.2. The number of benzene rings is 2. The number of rotatable bonds is 7.